The molecule has 2 fully saturated rings. The number of sulfonamides is 1. The summed E-state index contributed by atoms with van der Waals surface area (Å²) in [6.45, 7) is 3.14. The normalized spacial score (nSPS) is 26.0. The lowest BCUT2D eigenvalue weighted by Gasteiger charge is -2.58. The van der Waals surface area contributed by atoms with Crippen LogP contribution in [0.15, 0.2) is 77.7 Å². The van der Waals surface area contributed by atoms with E-state index in [1.165, 1.54) is 24.0 Å². The maximum Gasteiger partial charge on any atom is 0.243 e. The van der Waals surface area contributed by atoms with E-state index in [1.807, 2.05) is 41.6 Å². The van der Waals surface area contributed by atoms with Crippen LogP contribution in [0.3, 0.4) is 0 Å². The van der Waals surface area contributed by atoms with E-state index in [0.29, 0.717) is 24.0 Å². The summed E-state index contributed by atoms with van der Waals surface area (Å²) in [7, 11) is -3.52. The third-order valence-corrected chi connectivity index (χ3v) is 10.6. The molecule has 1 heterocycles. The highest BCUT2D eigenvalue weighted by Gasteiger charge is 2.56. The highest BCUT2D eigenvalue weighted by molar-refractivity contribution is 7.89. The van der Waals surface area contributed by atoms with Gasteiger partial charge in [0.05, 0.1) is 4.90 Å². The number of nitrogens with zero attached hydrogens (tertiary/aromatic N) is 1. The van der Waals surface area contributed by atoms with Gasteiger partial charge >= 0.3 is 0 Å². The van der Waals surface area contributed by atoms with Crippen molar-refractivity contribution in [2.45, 2.75) is 68.4 Å². The minimum absolute atomic E-state index is 0.0268. The minimum Gasteiger partial charge on any atom is -0.489 e. The summed E-state index contributed by atoms with van der Waals surface area (Å²) in [5.74, 6) is 1.28. The zero-order valence-electron chi connectivity index (χ0n) is 20.3. The molecule has 0 amide bonds. The number of benzene rings is 3. The van der Waals surface area contributed by atoms with Crippen molar-refractivity contribution in [2.24, 2.45) is 5.92 Å². The first kappa shape index (κ1) is 22.8. The van der Waals surface area contributed by atoms with Crippen molar-refractivity contribution >= 4 is 10.0 Å². The van der Waals surface area contributed by atoms with E-state index >= 15 is 0 Å². The molecule has 0 aromatic heterocycles. The Labute approximate surface area is 209 Å². The number of rotatable bonds is 5. The molecule has 3 aliphatic rings. The molecule has 3 aromatic rings. The van der Waals surface area contributed by atoms with Crippen molar-refractivity contribution in [2.75, 3.05) is 6.54 Å². The van der Waals surface area contributed by atoms with Crippen molar-refractivity contribution in [1.82, 2.24) is 4.31 Å². The second-order valence-electron chi connectivity index (χ2n) is 10.6. The number of ether oxygens (including phenoxy) is 1. The van der Waals surface area contributed by atoms with Gasteiger partial charge in [-0.3, -0.25) is 0 Å². The molecule has 35 heavy (non-hydrogen) atoms. The number of hydrogen-bond donors (Lipinski definition) is 0. The highest BCUT2D eigenvalue weighted by atomic mass is 32.2. The van der Waals surface area contributed by atoms with Gasteiger partial charge in [-0.25, -0.2) is 8.42 Å². The summed E-state index contributed by atoms with van der Waals surface area (Å²) < 4.78 is 35.6. The zero-order chi connectivity index (χ0) is 24.0. The number of hydrogen-bond acceptors (Lipinski definition) is 3. The van der Waals surface area contributed by atoms with Gasteiger partial charge < -0.3 is 4.74 Å². The molecule has 1 aliphatic heterocycles. The molecule has 3 atom stereocenters. The number of fused-ring (bicyclic) bond motifs is 1. The maximum atomic E-state index is 13.8. The molecule has 0 N–H and O–H groups in total. The van der Waals surface area contributed by atoms with Crippen molar-refractivity contribution in [3.8, 4) is 5.75 Å². The lowest BCUT2D eigenvalue weighted by molar-refractivity contribution is 0.0313. The lowest BCUT2D eigenvalue weighted by Crippen LogP contribution is -2.62. The van der Waals surface area contributed by atoms with Gasteiger partial charge in [0.25, 0.3) is 0 Å². The molecule has 4 nitrogen and oxygen atoms in total. The predicted octanol–water partition coefficient (Wildman–Crippen LogP) is 6.02. The summed E-state index contributed by atoms with van der Waals surface area (Å²) >= 11 is 0. The van der Waals surface area contributed by atoms with Gasteiger partial charge in [0.2, 0.25) is 10.0 Å². The largest absolute Gasteiger partial charge is 0.489 e. The first-order valence-electron chi connectivity index (χ1n) is 12.9. The van der Waals surface area contributed by atoms with Gasteiger partial charge in [0, 0.05) is 18.0 Å². The van der Waals surface area contributed by atoms with Gasteiger partial charge in [-0.05, 0) is 79.5 Å². The van der Waals surface area contributed by atoms with Gasteiger partial charge in [0.1, 0.15) is 12.4 Å². The van der Waals surface area contributed by atoms with Crippen LogP contribution < -0.4 is 4.74 Å². The Bertz CT molecular complexity index is 1320. The molecule has 1 saturated heterocycles. The van der Waals surface area contributed by atoms with Crippen LogP contribution in [0.4, 0.5) is 0 Å². The number of aryl methyl sites for hydroxylation is 1. The molecule has 5 heteroatoms. The second kappa shape index (κ2) is 8.79. The predicted molar refractivity (Wildman–Crippen MR) is 138 cm³/mol. The Kier molecular flexibility index (Phi) is 5.73. The summed E-state index contributed by atoms with van der Waals surface area (Å²) in [5.41, 5.74) is 5.00. The van der Waals surface area contributed by atoms with E-state index in [0.717, 1.165) is 42.6 Å². The molecule has 3 unspecified atom stereocenters. The molecule has 1 saturated carbocycles. The van der Waals surface area contributed by atoms with Gasteiger partial charge in [-0.2, -0.15) is 4.31 Å². The van der Waals surface area contributed by atoms with Crippen molar-refractivity contribution in [1.29, 1.82) is 0 Å². The van der Waals surface area contributed by atoms with Crippen LogP contribution in [-0.2, 0) is 28.5 Å². The smallest absolute Gasteiger partial charge is 0.243 e. The van der Waals surface area contributed by atoms with E-state index in [-0.39, 0.29) is 11.5 Å². The van der Waals surface area contributed by atoms with Gasteiger partial charge in [0.15, 0.2) is 0 Å². The fraction of sp³-hybridized carbons (Fsp3) is 0.400. The molecule has 3 aromatic carbocycles. The minimum atomic E-state index is -3.52. The summed E-state index contributed by atoms with van der Waals surface area (Å²) in [6, 6.07) is 24.2. The third kappa shape index (κ3) is 3.89. The summed E-state index contributed by atoms with van der Waals surface area (Å²) in [6.07, 6.45) is 6.30. The zero-order valence-corrected chi connectivity index (χ0v) is 21.1. The maximum absolute atomic E-state index is 13.8. The highest BCUT2D eigenvalue weighted by Crippen LogP contribution is 2.57. The van der Waals surface area contributed by atoms with E-state index < -0.39 is 10.0 Å². The fourth-order valence-corrected chi connectivity index (χ4v) is 8.58. The van der Waals surface area contributed by atoms with Crippen LogP contribution in [0.25, 0.3) is 0 Å². The molecular formula is C30H33NO3S. The quantitative estimate of drug-likeness (QED) is 0.442. The monoisotopic (exact) mass is 487 g/mol. The Hall–Kier alpha value is -2.63. The van der Waals surface area contributed by atoms with E-state index in [9.17, 15) is 8.42 Å². The summed E-state index contributed by atoms with van der Waals surface area (Å²) in [5, 5.41) is 0. The second-order valence-corrected chi connectivity index (χ2v) is 12.4. The number of piperidine rings is 1. The Morgan fingerprint density at radius 2 is 1.77 bits per heavy atom. The van der Waals surface area contributed by atoms with E-state index in [1.54, 1.807) is 12.1 Å². The Balaban J connectivity index is 1.34. The van der Waals surface area contributed by atoms with Crippen molar-refractivity contribution in [3.63, 3.8) is 0 Å². The van der Waals surface area contributed by atoms with E-state index in [4.69, 9.17) is 4.74 Å². The van der Waals surface area contributed by atoms with Gasteiger partial charge in [-0.15, -0.1) is 0 Å². The van der Waals surface area contributed by atoms with Crippen LogP contribution >= 0.6 is 0 Å². The lowest BCUT2D eigenvalue weighted by atomic mass is 9.53. The Morgan fingerprint density at radius 1 is 0.971 bits per heavy atom. The molecule has 0 spiro atoms. The van der Waals surface area contributed by atoms with Crippen LogP contribution in [0.1, 0.15) is 54.4 Å². The Morgan fingerprint density at radius 3 is 2.57 bits per heavy atom. The first-order chi connectivity index (χ1) is 17.0. The standard InChI is InChI=1S/C30H33NO3S/c1-22-10-14-26(15-11-22)35(32,33)31-18-17-30-16-6-5-9-27(30)29(31)19-24-12-13-25(20-28(24)30)34-21-23-7-3-2-4-8-23/h2-4,7-8,10-15,20,27,29H,5-6,9,16-19,21H2,1H3. The first-order valence-corrected chi connectivity index (χ1v) is 14.3. The molecule has 182 valence electrons. The molecule has 2 aliphatic carbocycles. The van der Waals surface area contributed by atoms with Crippen molar-refractivity contribution in [3.05, 3.63) is 95.1 Å². The average Bonchev–Trinajstić information content (AvgIpc) is 2.88. The topological polar surface area (TPSA) is 46.6 Å². The van der Waals surface area contributed by atoms with Crippen LogP contribution in [-0.4, -0.2) is 25.3 Å². The molecule has 0 radical (unpaired) electrons. The van der Waals surface area contributed by atoms with Crippen LogP contribution in [0, 0.1) is 12.8 Å². The van der Waals surface area contributed by atoms with E-state index in [2.05, 4.69) is 30.3 Å². The summed E-state index contributed by atoms with van der Waals surface area (Å²) in [4.78, 5) is 0.418. The van der Waals surface area contributed by atoms with Crippen LogP contribution in [0.2, 0.25) is 0 Å². The molecule has 2 bridgehead atoms. The fourth-order valence-electron chi connectivity index (χ4n) is 6.92. The SMILES string of the molecule is Cc1ccc(S(=O)(=O)N2CCC34CCCCC3C2Cc2ccc(OCc3ccccc3)cc24)cc1. The third-order valence-electron chi connectivity index (χ3n) is 8.63. The average molecular weight is 488 g/mol. The van der Waals surface area contributed by atoms with Gasteiger partial charge in [-0.1, -0.05) is 66.9 Å². The molecular weight excluding hydrogens is 454 g/mol. The molecule has 6 rings (SSSR count). The van der Waals surface area contributed by atoms with Crippen molar-refractivity contribution < 1.29 is 13.2 Å². The van der Waals surface area contributed by atoms with Crippen LogP contribution in [0.5, 0.6) is 5.75 Å².